The molecule has 1 aromatic heterocycles. The number of amides is 1. The quantitative estimate of drug-likeness (QED) is 0.582. The van der Waals surface area contributed by atoms with Crippen molar-refractivity contribution in [3.8, 4) is 5.75 Å². The second kappa shape index (κ2) is 8.03. The third kappa shape index (κ3) is 4.52. The molecule has 0 radical (unpaired) electrons. The van der Waals surface area contributed by atoms with Gasteiger partial charge in [-0.15, -0.1) is 0 Å². The number of aromatic nitrogens is 2. The fraction of sp³-hybridized carbons (Fsp3) is 0.111. The number of nitrogens with one attached hydrogen (secondary N) is 2. The fourth-order valence-electron chi connectivity index (χ4n) is 2.44. The van der Waals surface area contributed by atoms with Crippen LogP contribution in [0.1, 0.15) is 10.4 Å². The second-order valence-corrected chi connectivity index (χ2v) is 8.38. The van der Waals surface area contributed by atoms with E-state index in [2.05, 4.69) is 31.1 Å². The summed E-state index contributed by atoms with van der Waals surface area (Å²) in [5, 5.41) is 6.64. The molecule has 3 rings (SSSR count). The summed E-state index contributed by atoms with van der Waals surface area (Å²) < 4.78 is 35.2. The molecule has 0 saturated carbocycles. The Labute approximate surface area is 170 Å². The topological polar surface area (TPSA) is 102 Å². The molecule has 10 heteroatoms. The van der Waals surface area contributed by atoms with Crippen molar-refractivity contribution in [3.05, 3.63) is 64.9 Å². The number of anilines is 2. The molecule has 0 aliphatic heterocycles. The molecule has 3 aromatic rings. The van der Waals surface area contributed by atoms with Gasteiger partial charge in [-0.1, -0.05) is 6.07 Å². The summed E-state index contributed by atoms with van der Waals surface area (Å²) in [5.41, 5.74) is 1.09. The number of rotatable bonds is 6. The van der Waals surface area contributed by atoms with Gasteiger partial charge in [-0.05, 0) is 52.3 Å². The Balaban J connectivity index is 1.81. The highest BCUT2D eigenvalue weighted by Gasteiger charge is 2.17. The SMILES string of the molecule is COc1ccc(NS(=O)(=O)c2cccc(C(=O)Nc3cnn(C)c3)c2)cc1Br. The first kappa shape index (κ1) is 19.9. The number of ether oxygens (including phenoxy) is 1. The van der Waals surface area contributed by atoms with Gasteiger partial charge in [0.15, 0.2) is 0 Å². The molecule has 28 heavy (non-hydrogen) atoms. The molecule has 0 spiro atoms. The minimum Gasteiger partial charge on any atom is -0.496 e. The van der Waals surface area contributed by atoms with E-state index >= 15 is 0 Å². The third-order valence-electron chi connectivity index (χ3n) is 3.77. The zero-order chi connectivity index (χ0) is 20.3. The van der Waals surface area contributed by atoms with Crippen molar-refractivity contribution in [1.82, 2.24) is 9.78 Å². The molecule has 0 saturated heterocycles. The van der Waals surface area contributed by atoms with Gasteiger partial charge in [0.2, 0.25) is 0 Å². The van der Waals surface area contributed by atoms with Crippen LogP contribution >= 0.6 is 15.9 Å². The van der Waals surface area contributed by atoms with E-state index in [4.69, 9.17) is 4.74 Å². The smallest absolute Gasteiger partial charge is 0.261 e. The molecule has 0 atom stereocenters. The average Bonchev–Trinajstić information content (AvgIpc) is 3.06. The van der Waals surface area contributed by atoms with Crippen LogP contribution in [-0.4, -0.2) is 31.2 Å². The Morgan fingerprint density at radius 2 is 1.96 bits per heavy atom. The van der Waals surface area contributed by atoms with Crippen molar-refractivity contribution in [2.75, 3.05) is 17.1 Å². The van der Waals surface area contributed by atoms with Crippen molar-refractivity contribution in [3.63, 3.8) is 0 Å². The highest BCUT2D eigenvalue weighted by atomic mass is 79.9. The minimum atomic E-state index is -3.88. The normalized spacial score (nSPS) is 11.1. The highest BCUT2D eigenvalue weighted by molar-refractivity contribution is 9.10. The number of methoxy groups -OCH3 is 1. The van der Waals surface area contributed by atoms with E-state index in [0.29, 0.717) is 21.6 Å². The molecule has 0 bridgehead atoms. The molecule has 8 nitrogen and oxygen atoms in total. The number of carbonyl (C=O) groups is 1. The zero-order valence-electron chi connectivity index (χ0n) is 15.0. The molecule has 0 aliphatic rings. The monoisotopic (exact) mass is 464 g/mol. The van der Waals surface area contributed by atoms with Crippen LogP contribution in [0.4, 0.5) is 11.4 Å². The number of benzene rings is 2. The van der Waals surface area contributed by atoms with Gasteiger partial charge < -0.3 is 10.1 Å². The summed E-state index contributed by atoms with van der Waals surface area (Å²) in [6.45, 7) is 0. The lowest BCUT2D eigenvalue weighted by Crippen LogP contribution is -2.15. The summed E-state index contributed by atoms with van der Waals surface area (Å²) in [6, 6.07) is 10.6. The number of halogens is 1. The lowest BCUT2D eigenvalue weighted by atomic mass is 10.2. The molecule has 1 heterocycles. The van der Waals surface area contributed by atoms with Gasteiger partial charge >= 0.3 is 0 Å². The average molecular weight is 465 g/mol. The van der Waals surface area contributed by atoms with E-state index in [0.717, 1.165) is 0 Å². The summed E-state index contributed by atoms with van der Waals surface area (Å²) in [7, 11) is -0.634. The molecular weight excluding hydrogens is 448 g/mol. The lowest BCUT2D eigenvalue weighted by Gasteiger charge is -2.11. The predicted octanol–water partition coefficient (Wildman–Crippen LogP) is 3.24. The Bertz CT molecular complexity index is 1130. The third-order valence-corrected chi connectivity index (χ3v) is 5.77. The number of nitrogens with zero attached hydrogens (tertiary/aromatic N) is 2. The van der Waals surface area contributed by atoms with Gasteiger partial charge in [0, 0.05) is 18.8 Å². The summed E-state index contributed by atoms with van der Waals surface area (Å²) >= 11 is 3.32. The van der Waals surface area contributed by atoms with Crippen LogP contribution in [-0.2, 0) is 17.1 Å². The zero-order valence-corrected chi connectivity index (χ0v) is 17.4. The standard InChI is InChI=1S/C18H17BrN4O4S/c1-23-11-14(10-20-23)21-18(24)12-4-3-5-15(8-12)28(25,26)22-13-6-7-17(27-2)16(19)9-13/h3-11,22H,1-2H3,(H,21,24). The maximum Gasteiger partial charge on any atom is 0.261 e. The molecule has 0 fully saturated rings. The number of sulfonamides is 1. The maximum absolute atomic E-state index is 12.7. The van der Waals surface area contributed by atoms with E-state index < -0.39 is 15.9 Å². The van der Waals surface area contributed by atoms with E-state index in [9.17, 15) is 13.2 Å². The van der Waals surface area contributed by atoms with Crippen LogP contribution < -0.4 is 14.8 Å². The van der Waals surface area contributed by atoms with E-state index in [-0.39, 0.29) is 10.5 Å². The van der Waals surface area contributed by atoms with Crippen molar-refractivity contribution in [2.24, 2.45) is 7.05 Å². The summed E-state index contributed by atoms with van der Waals surface area (Å²) in [5.74, 6) is 0.147. The van der Waals surface area contributed by atoms with Gasteiger partial charge in [-0.25, -0.2) is 8.42 Å². The molecular formula is C18H17BrN4O4S. The summed E-state index contributed by atoms with van der Waals surface area (Å²) in [6.07, 6.45) is 3.14. The van der Waals surface area contributed by atoms with Crippen molar-refractivity contribution >= 4 is 43.2 Å². The maximum atomic E-state index is 12.7. The van der Waals surface area contributed by atoms with Crippen LogP contribution in [0.2, 0.25) is 0 Å². The highest BCUT2D eigenvalue weighted by Crippen LogP contribution is 2.29. The molecule has 1 amide bonds. The molecule has 2 N–H and O–H groups in total. The molecule has 146 valence electrons. The van der Waals surface area contributed by atoms with Gasteiger partial charge in [0.05, 0.1) is 34.0 Å². The van der Waals surface area contributed by atoms with Crippen molar-refractivity contribution < 1.29 is 17.9 Å². The Kier molecular flexibility index (Phi) is 5.71. The van der Waals surface area contributed by atoms with Gasteiger partial charge in [0.1, 0.15) is 5.75 Å². The van der Waals surface area contributed by atoms with Crippen LogP contribution in [0, 0.1) is 0 Å². The van der Waals surface area contributed by atoms with E-state index in [1.54, 1.807) is 36.1 Å². The Hall–Kier alpha value is -2.85. The lowest BCUT2D eigenvalue weighted by molar-refractivity contribution is 0.102. The molecule has 2 aromatic carbocycles. The first-order valence-corrected chi connectivity index (χ1v) is 10.3. The van der Waals surface area contributed by atoms with E-state index in [1.165, 1.54) is 37.6 Å². The second-order valence-electron chi connectivity index (χ2n) is 5.84. The fourth-order valence-corrected chi connectivity index (χ4v) is 4.07. The Morgan fingerprint density at radius 3 is 2.61 bits per heavy atom. The molecule has 0 aliphatic carbocycles. The van der Waals surface area contributed by atoms with Crippen LogP contribution in [0.5, 0.6) is 5.75 Å². The van der Waals surface area contributed by atoms with Crippen molar-refractivity contribution in [1.29, 1.82) is 0 Å². The number of aryl methyl sites for hydroxylation is 1. The minimum absolute atomic E-state index is 0.0294. The number of carbonyl (C=O) groups excluding carboxylic acids is 1. The number of hydrogen-bond acceptors (Lipinski definition) is 5. The van der Waals surface area contributed by atoms with E-state index in [1.807, 2.05) is 0 Å². The van der Waals surface area contributed by atoms with Crippen LogP contribution in [0.3, 0.4) is 0 Å². The first-order valence-electron chi connectivity index (χ1n) is 8.05. The largest absolute Gasteiger partial charge is 0.496 e. The van der Waals surface area contributed by atoms with Gasteiger partial charge in [-0.3, -0.25) is 14.2 Å². The number of hydrogen-bond donors (Lipinski definition) is 2. The predicted molar refractivity (Wildman–Crippen MR) is 109 cm³/mol. The summed E-state index contributed by atoms with van der Waals surface area (Å²) in [4.78, 5) is 12.4. The first-order chi connectivity index (χ1) is 13.3. The van der Waals surface area contributed by atoms with Crippen LogP contribution in [0.25, 0.3) is 0 Å². The Morgan fingerprint density at radius 1 is 1.18 bits per heavy atom. The molecule has 0 unspecified atom stereocenters. The van der Waals surface area contributed by atoms with Gasteiger partial charge in [0.25, 0.3) is 15.9 Å². The van der Waals surface area contributed by atoms with Crippen molar-refractivity contribution in [2.45, 2.75) is 4.90 Å². The van der Waals surface area contributed by atoms with Gasteiger partial charge in [-0.2, -0.15) is 5.10 Å². The van der Waals surface area contributed by atoms with Crippen LogP contribution in [0.15, 0.2) is 64.2 Å².